The number of carbonyl (C=O) groups is 2. The van der Waals surface area contributed by atoms with Crippen LogP contribution in [0.25, 0.3) is 0 Å². The fraction of sp³-hybridized carbons (Fsp3) is 0.333. The van der Waals surface area contributed by atoms with E-state index in [1.807, 2.05) is 17.8 Å². The van der Waals surface area contributed by atoms with Crippen LogP contribution in [0, 0.1) is 0 Å². The van der Waals surface area contributed by atoms with Gasteiger partial charge in [0.05, 0.1) is 21.0 Å². The van der Waals surface area contributed by atoms with E-state index in [0.717, 1.165) is 23.0 Å². The first kappa shape index (κ1) is 28.7. The van der Waals surface area contributed by atoms with Gasteiger partial charge in [0.15, 0.2) is 0 Å². The molecule has 0 aromatic heterocycles. The van der Waals surface area contributed by atoms with Crippen molar-refractivity contribution < 1.29 is 18.0 Å². The van der Waals surface area contributed by atoms with Gasteiger partial charge in [0, 0.05) is 28.9 Å². The standard InChI is InChI=1S/C30H32ClN3O4S2/c31-23-9-6-8-21(18-23)20-33-34-26-19-22(29(35)32-16-7-17-39-24-10-2-1-3-11-24)14-15-28(26)40(37,38)27-13-5-4-12-25(27)30(34)36/h4-6,8-9,12-15,18-19,24,33H,1-3,7,10-11,16-17,20H2,(H,32,35). The molecule has 3 aromatic carbocycles. The number of halogens is 1. The number of hydrogen-bond donors (Lipinski definition) is 2. The number of amides is 2. The summed E-state index contributed by atoms with van der Waals surface area (Å²) in [6, 6.07) is 17.7. The van der Waals surface area contributed by atoms with E-state index in [2.05, 4.69) is 10.7 Å². The van der Waals surface area contributed by atoms with Crippen molar-refractivity contribution in [1.29, 1.82) is 0 Å². The zero-order valence-corrected chi connectivity index (χ0v) is 24.5. The summed E-state index contributed by atoms with van der Waals surface area (Å²) in [5, 5.41) is 5.44. The molecule has 1 saturated carbocycles. The number of thioether (sulfide) groups is 1. The minimum atomic E-state index is -4.03. The molecule has 5 rings (SSSR count). The van der Waals surface area contributed by atoms with Crippen LogP contribution < -0.4 is 15.8 Å². The second-order valence-corrected chi connectivity index (χ2v) is 13.8. The van der Waals surface area contributed by atoms with Crippen molar-refractivity contribution in [1.82, 2.24) is 10.7 Å². The molecule has 2 N–H and O–H groups in total. The third kappa shape index (κ3) is 6.38. The van der Waals surface area contributed by atoms with Crippen molar-refractivity contribution in [3.05, 3.63) is 88.4 Å². The van der Waals surface area contributed by atoms with E-state index >= 15 is 0 Å². The fourth-order valence-corrected chi connectivity index (χ4v) is 8.25. The van der Waals surface area contributed by atoms with E-state index in [4.69, 9.17) is 11.6 Å². The van der Waals surface area contributed by atoms with Gasteiger partial charge in [0.1, 0.15) is 0 Å². The van der Waals surface area contributed by atoms with E-state index in [0.29, 0.717) is 11.6 Å². The van der Waals surface area contributed by atoms with Gasteiger partial charge in [-0.1, -0.05) is 55.1 Å². The molecule has 10 heteroatoms. The normalized spacial score (nSPS) is 16.6. The van der Waals surface area contributed by atoms with Crippen LogP contribution in [0.3, 0.4) is 0 Å². The maximum absolute atomic E-state index is 13.7. The molecule has 1 aliphatic carbocycles. The predicted molar refractivity (Wildman–Crippen MR) is 160 cm³/mol. The maximum Gasteiger partial charge on any atom is 0.274 e. The van der Waals surface area contributed by atoms with E-state index in [9.17, 15) is 18.0 Å². The number of rotatable bonds is 9. The molecule has 40 heavy (non-hydrogen) atoms. The molecule has 0 radical (unpaired) electrons. The summed E-state index contributed by atoms with van der Waals surface area (Å²) < 4.78 is 27.3. The van der Waals surface area contributed by atoms with Crippen molar-refractivity contribution in [3.63, 3.8) is 0 Å². The van der Waals surface area contributed by atoms with Gasteiger partial charge < -0.3 is 5.32 Å². The highest BCUT2D eigenvalue weighted by atomic mass is 35.5. The Kier molecular flexibility index (Phi) is 9.15. The summed E-state index contributed by atoms with van der Waals surface area (Å²) in [7, 11) is -4.03. The molecule has 2 aliphatic rings. The number of nitrogens with one attached hydrogen (secondary N) is 2. The third-order valence-corrected chi connectivity index (χ3v) is 10.8. The number of carbonyl (C=O) groups excluding carboxylic acids is 2. The zero-order chi connectivity index (χ0) is 28.1. The van der Waals surface area contributed by atoms with Crippen LogP contribution >= 0.6 is 23.4 Å². The fourth-order valence-electron chi connectivity index (χ4n) is 5.12. The SMILES string of the molecule is O=C(NCCCSC1CCCCC1)c1ccc2c(c1)N(NCc1cccc(Cl)c1)C(=O)c1ccccc1S2(=O)=O. The summed E-state index contributed by atoms with van der Waals surface area (Å²) in [5.74, 6) is 0.144. The number of anilines is 1. The third-order valence-electron chi connectivity index (χ3n) is 7.20. The number of fused-ring (bicyclic) bond motifs is 2. The molecular weight excluding hydrogens is 566 g/mol. The number of sulfone groups is 1. The van der Waals surface area contributed by atoms with Crippen LogP contribution in [0.1, 0.15) is 64.8 Å². The molecule has 2 amide bonds. The molecule has 0 bridgehead atoms. The minimum absolute atomic E-state index is 0.0511. The summed E-state index contributed by atoms with van der Waals surface area (Å²) in [4.78, 5) is 26.6. The molecule has 1 heterocycles. The van der Waals surface area contributed by atoms with Crippen LogP contribution in [0.2, 0.25) is 5.02 Å². The van der Waals surface area contributed by atoms with Crippen LogP contribution in [-0.4, -0.2) is 37.8 Å². The first-order valence-electron chi connectivity index (χ1n) is 13.5. The van der Waals surface area contributed by atoms with Gasteiger partial charge in [-0.2, -0.15) is 11.8 Å². The van der Waals surface area contributed by atoms with E-state index in [1.54, 1.807) is 30.3 Å². The summed E-state index contributed by atoms with van der Waals surface area (Å²) >= 11 is 8.12. The van der Waals surface area contributed by atoms with E-state index < -0.39 is 15.7 Å². The van der Waals surface area contributed by atoms with Gasteiger partial charge in [-0.3, -0.25) is 9.59 Å². The lowest BCUT2D eigenvalue weighted by molar-refractivity contribution is 0.0948. The topological polar surface area (TPSA) is 95.6 Å². The Morgan fingerprint density at radius 3 is 2.58 bits per heavy atom. The Balaban J connectivity index is 1.37. The van der Waals surface area contributed by atoms with Gasteiger partial charge >= 0.3 is 0 Å². The van der Waals surface area contributed by atoms with Gasteiger partial charge in [-0.25, -0.2) is 18.9 Å². The molecule has 0 spiro atoms. The number of nitrogens with zero attached hydrogens (tertiary/aromatic N) is 1. The Bertz CT molecular complexity index is 1510. The number of hydrogen-bond acceptors (Lipinski definition) is 6. The average molecular weight is 598 g/mol. The molecule has 0 unspecified atom stereocenters. The summed E-state index contributed by atoms with van der Waals surface area (Å²) in [5.41, 5.74) is 4.32. The molecule has 7 nitrogen and oxygen atoms in total. The first-order chi connectivity index (χ1) is 19.3. The summed E-state index contributed by atoms with van der Waals surface area (Å²) in [6.07, 6.45) is 7.36. The molecule has 0 atom stereocenters. The Hall–Kier alpha value is -2.85. The van der Waals surface area contributed by atoms with Crippen molar-refractivity contribution in [2.75, 3.05) is 17.3 Å². The molecule has 0 saturated heterocycles. The number of hydrazine groups is 1. The second-order valence-electron chi connectivity index (χ2n) is 10.0. The average Bonchev–Trinajstić information content (AvgIpc) is 3.03. The molecule has 1 aliphatic heterocycles. The van der Waals surface area contributed by atoms with E-state index in [1.165, 1.54) is 67.4 Å². The van der Waals surface area contributed by atoms with Crippen molar-refractivity contribution in [3.8, 4) is 0 Å². The van der Waals surface area contributed by atoms with Crippen LogP contribution in [-0.2, 0) is 16.4 Å². The maximum atomic E-state index is 13.7. The van der Waals surface area contributed by atoms with Crippen LogP contribution in [0.5, 0.6) is 0 Å². The smallest absolute Gasteiger partial charge is 0.274 e. The molecule has 210 valence electrons. The van der Waals surface area contributed by atoms with Gasteiger partial charge in [0.2, 0.25) is 9.84 Å². The van der Waals surface area contributed by atoms with Crippen LogP contribution in [0.4, 0.5) is 5.69 Å². The second kappa shape index (κ2) is 12.8. The van der Waals surface area contributed by atoms with Gasteiger partial charge in [-0.15, -0.1) is 0 Å². The number of benzene rings is 3. The summed E-state index contributed by atoms with van der Waals surface area (Å²) in [6.45, 7) is 0.734. The first-order valence-corrected chi connectivity index (χ1v) is 16.5. The van der Waals surface area contributed by atoms with E-state index in [-0.39, 0.29) is 39.1 Å². The lowest BCUT2D eigenvalue weighted by atomic mass is 10.0. The highest BCUT2D eigenvalue weighted by Crippen LogP contribution is 2.37. The lowest BCUT2D eigenvalue weighted by Crippen LogP contribution is -2.43. The largest absolute Gasteiger partial charge is 0.352 e. The minimum Gasteiger partial charge on any atom is -0.352 e. The van der Waals surface area contributed by atoms with Crippen molar-refractivity contribution in [2.45, 2.75) is 60.1 Å². The Morgan fingerprint density at radius 2 is 1.77 bits per heavy atom. The zero-order valence-electron chi connectivity index (χ0n) is 22.1. The molecule has 3 aromatic rings. The lowest BCUT2D eigenvalue weighted by Gasteiger charge is -2.24. The molecular formula is C30H32ClN3O4S2. The van der Waals surface area contributed by atoms with Crippen molar-refractivity contribution in [2.24, 2.45) is 0 Å². The Labute approximate surface area is 244 Å². The highest BCUT2D eigenvalue weighted by Gasteiger charge is 2.36. The Morgan fingerprint density at radius 1 is 0.975 bits per heavy atom. The predicted octanol–water partition coefficient (Wildman–Crippen LogP) is 6.02. The monoisotopic (exact) mass is 597 g/mol. The highest BCUT2D eigenvalue weighted by molar-refractivity contribution is 7.99. The van der Waals surface area contributed by atoms with Gasteiger partial charge in [-0.05, 0) is 73.0 Å². The van der Waals surface area contributed by atoms with Gasteiger partial charge in [0.25, 0.3) is 11.8 Å². The van der Waals surface area contributed by atoms with Crippen LogP contribution in [0.15, 0.2) is 76.5 Å². The van der Waals surface area contributed by atoms with Crippen molar-refractivity contribution >= 4 is 50.7 Å². The quantitative estimate of drug-likeness (QED) is 0.293. The molecule has 1 fully saturated rings.